The number of rotatable bonds is 4. The van der Waals surface area contributed by atoms with Crippen molar-refractivity contribution < 1.29 is 9.26 Å². The molecule has 2 aromatic rings. The highest BCUT2D eigenvalue weighted by Crippen LogP contribution is 2.26. The molecule has 0 amide bonds. The molecule has 112 valence electrons. The Bertz CT molecular complexity index is 585. The Morgan fingerprint density at radius 1 is 1.38 bits per heavy atom. The molecule has 1 N–H and O–H groups in total. The normalized spacial score (nSPS) is 22.2. The summed E-state index contributed by atoms with van der Waals surface area (Å²) in [6, 6.07) is 7.70. The highest BCUT2D eigenvalue weighted by atomic mass is 35.5. The summed E-state index contributed by atoms with van der Waals surface area (Å²) in [4.78, 5) is 4.44. The SMILES string of the molecule is C[C@H]1C[C@@H](c2nc(COc3ccc(Cl)cc3)no2)CCN1. The molecule has 5 nitrogen and oxygen atoms in total. The summed E-state index contributed by atoms with van der Waals surface area (Å²) in [6.45, 7) is 3.46. The summed E-state index contributed by atoms with van der Waals surface area (Å²) in [6.07, 6.45) is 2.06. The van der Waals surface area contributed by atoms with Gasteiger partial charge < -0.3 is 14.6 Å². The lowest BCUT2D eigenvalue weighted by Crippen LogP contribution is -2.34. The largest absolute Gasteiger partial charge is 0.485 e. The van der Waals surface area contributed by atoms with Crippen LogP contribution >= 0.6 is 11.6 Å². The fourth-order valence-electron chi connectivity index (χ4n) is 2.53. The molecule has 1 saturated heterocycles. The van der Waals surface area contributed by atoms with Gasteiger partial charge in [0.2, 0.25) is 11.7 Å². The molecule has 0 unspecified atom stereocenters. The van der Waals surface area contributed by atoms with E-state index < -0.39 is 0 Å². The Labute approximate surface area is 128 Å². The molecule has 3 rings (SSSR count). The second-order valence-electron chi connectivity index (χ2n) is 5.37. The van der Waals surface area contributed by atoms with Crippen molar-refractivity contribution in [3.63, 3.8) is 0 Å². The second-order valence-corrected chi connectivity index (χ2v) is 5.80. The van der Waals surface area contributed by atoms with E-state index in [1.807, 2.05) is 12.1 Å². The maximum Gasteiger partial charge on any atom is 0.229 e. The van der Waals surface area contributed by atoms with Gasteiger partial charge in [0.05, 0.1) is 0 Å². The number of nitrogens with zero attached hydrogens (tertiary/aromatic N) is 2. The van der Waals surface area contributed by atoms with Crippen LogP contribution in [-0.4, -0.2) is 22.7 Å². The van der Waals surface area contributed by atoms with E-state index in [1.165, 1.54) is 0 Å². The van der Waals surface area contributed by atoms with Crippen molar-refractivity contribution >= 4 is 11.6 Å². The van der Waals surface area contributed by atoms with E-state index in [4.69, 9.17) is 20.9 Å². The van der Waals surface area contributed by atoms with Crippen LogP contribution in [0.15, 0.2) is 28.8 Å². The van der Waals surface area contributed by atoms with Crippen molar-refractivity contribution in [2.75, 3.05) is 6.54 Å². The van der Waals surface area contributed by atoms with Gasteiger partial charge in [-0.15, -0.1) is 0 Å². The van der Waals surface area contributed by atoms with Crippen LogP contribution in [0.2, 0.25) is 5.02 Å². The summed E-state index contributed by atoms with van der Waals surface area (Å²) >= 11 is 5.83. The molecule has 0 aliphatic carbocycles. The first-order valence-corrected chi connectivity index (χ1v) is 7.53. The number of nitrogens with one attached hydrogen (secondary N) is 1. The third-order valence-electron chi connectivity index (χ3n) is 3.64. The summed E-state index contributed by atoms with van der Waals surface area (Å²) in [5.41, 5.74) is 0. The van der Waals surface area contributed by atoms with Crippen molar-refractivity contribution in [3.05, 3.63) is 41.0 Å². The smallest absolute Gasteiger partial charge is 0.229 e. The van der Waals surface area contributed by atoms with E-state index in [0.717, 1.165) is 31.0 Å². The van der Waals surface area contributed by atoms with Crippen molar-refractivity contribution in [3.8, 4) is 5.75 Å². The van der Waals surface area contributed by atoms with Crippen LogP contribution < -0.4 is 10.1 Å². The summed E-state index contributed by atoms with van der Waals surface area (Å²) in [7, 11) is 0. The highest BCUT2D eigenvalue weighted by molar-refractivity contribution is 6.30. The Morgan fingerprint density at radius 3 is 2.95 bits per heavy atom. The quantitative estimate of drug-likeness (QED) is 0.940. The first-order chi connectivity index (χ1) is 10.2. The lowest BCUT2D eigenvalue weighted by Gasteiger charge is -2.25. The monoisotopic (exact) mass is 307 g/mol. The van der Waals surface area contributed by atoms with Gasteiger partial charge >= 0.3 is 0 Å². The molecular formula is C15H18ClN3O2. The molecule has 1 aliphatic rings. The molecule has 2 atom stereocenters. The average Bonchev–Trinajstić information content (AvgIpc) is 2.96. The van der Waals surface area contributed by atoms with E-state index in [9.17, 15) is 0 Å². The van der Waals surface area contributed by atoms with Crippen LogP contribution in [0.25, 0.3) is 0 Å². The first-order valence-electron chi connectivity index (χ1n) is 7.15. The zero-order chi connectivity index (χ0) is 14.7. The maximum atomic E-state index is 5.83. The zero-order valence-corrected chi connectivity index (χ0v) is 12.6. The van der Waals surface area contributed by atoms with Crippen LogP contribution in [0.4, 0.5) is 0 Å². The van der Waals surface area contributed by atoms with Gasteiger partial charge in [-0.1, -0.05) is 16.8 Å². The minimum Gasteiger partial charge on any atom is -0.485 e. The minimum absolute atomic E-state index is 0.297. The molecule has 0 bridgehead atoms. The second kappa shape index (κ2) is 6.45. The number of halogens is 1. The lowest BCUT2D eigenvalue weighted by molar-refractivity contribution is 0.276. The Balaban J connectivity index is 1.58. The van der Waals surface area contributed by atoms with E-state index in [2.05, 4.69) is 22.4 Å². The van der Waals surface area contributed by atoms with Gasteiger partial charge in [-0.25, -0.2) is 0 Å². The number of hydrogen-bond donors (Lipinski definition) is 1. The van der Waals surface area contributed by atoms with E-state index in [1.54, 1.807) is 12.1 Å². The predicted octanol–water partition coefficient (Wildman–Crippen LogP) is 3.16. The summed E-state index contributed by atoms with van der Waals surface area (Å²) < 4.78 is 11.0. The summed E-state index contributed by atoms with van der Waals surface area (Å²) in [5.74, 6) is 2.38. The van der Waals surface area contributed by atoms with Crippen LogP contribution in [-0.2, 0) is 6.61 Å². The van der Waals surface area contributed by atoms with Gasteiger partial charge in [0.1, 0.15) is 5.75 Å². The van der Waals surface area contributed by atoms with Gasteiger partial charge in [0, 0.05) is 17.0 Å². The maximum absolute atomic E-state index is 5.83. The van der Waals surface area contributed by atoms with Gasteiger partial charge in [0.15, 0.2) is 6.61 Å². The fraction of sp³-hybridized carbons (Fsp3) is 0.467. The topological polar surface area (TPSA) is 60.2 Å². The van der Waals surface area contributed by atoms with Crippen molar-refractivity contribution in [2.24, 2.45) is 0 Å². The molecule has 6 heteroatoms. The molecule has 2 heterocycles. The van der Waals surface area contributed by atoms with E-state index >= 15 is 0 Å². The molecule has 0 spiro atoms. The Kier molecular flexibility index (Phi) is 4.41. The number of benzene rings is 1. The van der Waals surface area contributed by atoms with Gasteiger partial charge in [-0.05, 0) is 50.6 Å². The van der Waals surface area contributed by atoms with Gasteiger partial charge in [-0.2, -0.15) is 4.98 Å². The highest BCUT2D eigenvalue weighted by Gasteiger charge is 2.24. The number of aromatic nitrogens is 2. The minimum atomic E-state index is 0.297. The molecule has 1 aliphatic heterocycles. The van der Waals surface area contributed by atoms with Crippen LogP contribution in [0, 0.1) is 0 Å². The number of hydrogen-bond acceptors (Lipinski definition) is 5. The first kappa shape index (κ1) is 14.4. The van der Waals surface area contributed by atoms with Crippen molar-refractivity contribution in [1.29, 1.82) is 0 Å². The molecular weight excluding hydrogens is 290 g/mol. The van der Waals surface area contributed by atoms with Gasteiger partial charge in [0.25, 0.3) is 0 Å². The van der Waals surface area contributed by atoms with Gasteiger partial charge in [-0.3, -0.25) is 0 Å². The molecule has 1 aromatic heterocycles. The predicted molar refractivity (Wildman–Crippen MR) is 79.5 cm³/mol. The van der Waals surface area contributed by atoms with Crippen molar-refractivity contribution in [1.82, 2.24) is 15.5 Å². The molecule has 0 saturated carbocycles. The third-order valence-corrected chi connectivity index (χ3v) is 3.89. The lowest BCUT2D eigenvalue weighted by atomic mass is 9.93. The molecule has 0 radical (unpaired) electrons. The van der Waals surface area contributed by atoms with Crippen LogP contribution in [0.5, 0.6) is 5.75 Å². The third kappa shape index (κ3) is 3.74. The van der Waals surface area contributed by atoms with Crippen LogP contribution in [0.1, 0.15) is 37.4 Å². The van der Waals surface area contributed by atoms with E-state index in [-0.39, 0.29) is 0 Å². The summed E-state index contributed by atoms with van der Waals surface area (Å²) in [5, 5.41) is 8.09. The molecule has 21 heavy (non-hydrogen) atoms. The van der Waals surface area contributed by atoms with Crippen molar-refractivity contribution in [2.45, 2.75) is 38.3 Å². The average molecular weight is 308 g/mol. The standard InChI is InChI=1S/C15H18ClN3O2/c1-10-8-11(6-7-17-10)15-18-14(19-21-15)9-20-13-4-2-12(16)3-5-13/h2-5,10-11,17H,6-9H2,1H3/t10-,11-/m0/s1. The molecule has 1 aromatic carbocycles. The van der Waals surface area contributed by atoms with Crippen LogP contribution in [0.3, 0.4) is 0 Å². The fourth-order valence-corrected chi connectivity index (χ4v) is 2.65. The zero-order valence-electron chi connectivity index (χ0n) is 11.9. The molecule has 1 fully saturated rings. The Hall–Kier alpha value is -1.59. The van der Waals surface area contributed by atoms with E-state index in [0.29, 0.717) is 29.4 Å². The Morgan fingerprint density at radius 2 is 2.19 bits per heavy atom. The number of ether oxygens (including phenoxy) is 1. The number of piperidine rings is 1.